The molecule has 33 heavy (non-hydrogen) atoms. The number of amides is 2. The molecule has 0 spiro atoms. The van der Waals surface area contributed by atoms with E-state index in [1.54, 1.807) is 0 Å². The number of halogens is 3. The normalized spacial score (nSPS) is 23.2. The Bertz CT molecular complexity index is 1220. The SMILES string of the molecule is C[C@]1(C(F)(F)F)COc2c(S(=N)(=O)NC(=O)Nc3c4c(cc5c3CCC5)CCC4)cnn2C1. The summed E-state index contributed by atoms with van der Waals surface area (Å²) in [5.41, 5.74) is 3.17. The Morgan fingerprint density at radius 3 is 2.45 bits per heavy atom. The van der Waals surface area contributed by atoms with Crippen LogP contribution in [0.3, 0.4) is 0 Å². The molecule has 2 atom stereocenters. The number of urea groups is 1. The van der Waals surface area contributed by atoms with E-state index in [-0.39, 0.29) is 10.8 Å². The van der Waals surface area contributed by atoms with Gasteiger partial charge in [0.15, 0.2) is 9.92 Å². The van der Waals surface area contributed by atoms with E-state index in [9.17, 15) is 22.2 Å². The highest BCUT2D eigenvalue weighted by atomic mass is 32.2. The highest BCUT2D eigenvalue weighted by molar-refractivity contribution is 7.91. The Kier molecular flexibility index (Phi) is 4.93. The maximum absolute atomic E-state index is 13.3. The zero-order chi connectivity index (χ0) is 23.6. The van der Waals surface area contributed by atoms with Crippen molar-refractivity contribution in [1.82, 2.24) is 14.5 Å². The molecule has 2 aromatic rings. The van der Waals surface area contributed by atoms with Gasteiger partial charge in [-0.25, -0.2) is 23.2 Å². The zero-order valence-corrected chi connectivity index (χ0v) is 18.8. The van der Waals surface area contributed by atoms with Crippen LogP contribution in [0.15, 0.2) is 17.2 Å². The summed E-state index contributed by atoms with van der Waals surface area (Å²) in [5, 5.41) is 6.65. The number of nitrogens with zero attached hydrogens (tertiary/aromatic N) is 2. The highest BCUT2D eigenvalue weighted by Crippen LogP contribution is 2.44. The van der Waals surface area contributed by atoms with E-state index in [4.69, 9.17) is 9.52 Å². The van der Waals surface area contributed by atoms with Gasteiger partial charge in [-0.2, -0.15) is 18.3 Å². The average molecular weight is 484 g/mol. The summed E-state index contributed by atoms with van der Waals surface area (Å²) in [5.74, 6) is -0.196. The third kappa shape index (κ3) is 3.64. The van der Waals surface area contributed by atoms with Gasteiger partial charge >= 0.3 is 12.2 Å². The molecule has 2 aliphatic carbocycles. The lowest BCUT2D eigenvalue weighted by molar-refractivity contribution is -0.238. The standard InChI is InChI=1S/C21H24F3N5O3S/c1-20(21(22,23)24)10-29-18(32-11-20)16(9-26-29)33(25,31)28-19(30)27-17-14-6-2-4-12(14)8-13-5-3-7-15(13)17/h8-9H,2-7,10-11H2,1H3,(H3,25,27,28,30,31)/t20-,33?/m1/s1. The average Bonchev–Trinajstić information content (AvgIpc) is 3.45. The second-order valence-electron chi connectivity index (χ2n) is 9.17. The number of ether oxygens (including phenoxy) is 1. The Morgan fingerprint density at radius 1 is 1.21 bits per heavy atom. The minimum absolute atomic E-state index is 0.196. The van der Waals surface area contributed by atoms with Gasteiger partial charge in [-0.1, -0.05) is 6.07 Å². The van der Waals surface area contributed by atoms with Crippen molar-refractivity contribution in [3.63, 3.8) is 0 Å². The van der Waals surface area contributed by atoms with Crippen LogP contribution in [0.25, 0.3) is 0 Å². The van der Waals surface area contributed by atoms with Crippen molar-refractivity contribution in [3.8, 4) is 5.88 Å². The molecule has 1 aromatic carbocycles. The number of fused-ring (bicyclic) bond motifs is 3. The molecule has 3 aliphatic rings. The van der Waals surface area contributed by atoms with E-state index < -0.39 is 40.7 Å². The maximum atomic E-state index is 13.3. The number of aryl methyl sites for hydroxylation is 2. The molecule has 2 heterocycles. The molecule has 5 rings (SSSR count). The lowest BCUT2D eigenvalue weighted by atomic mass is 9.90. The Balaban J connectivity index is 1.37. The summed E-state index contributed by atoms with van der Waals surface area (Å²) in [6.07, 6.45) is 2.09. The molecule has 0 radical (unpaired) electrons. The number of carbonyl (C=O) groups is 1. The first-order chi connectivity index (χ1) is 15.5. The molecule has 1 aromatic heterocycles. The summed E-state index contributed by atoms with van der Waals surface area (Å²) < 4.78 is 69.8. The number of anilines is 1. The Morgan fingerprint density at radius 2 is 1.85 bits per heavy atom. The minimum atomic E-state index is -4.52. The monoisotopic (exact) mass is 483 g/mol. The van der Waals surface area contributed by atoms with Crippen molar-refractivity contribution in [3.05, 3.63) is 34.5 Å². The highest BCUT2D eigenvalue weighted by Gasteiger charge is 2.54. The number of hydrogen-bond acceptors (Lipinski definition) is 5. The van der Waals surface area contributed by atoms with Crippen LogP contribution in [0.1, 0.15) is 42.0 Å². The molecule has 0 bridgehead atoms. The summed E-state index contributed by atoms with van der Waals surface area (Å²) in [7, 11) is -3.93. The molecule has 3 N–H and O–H groups in total. The molecule has 0 saturated carbocycles. The number of benzene rings is 1. The number of hydrogen-bond donors (Lipinski definition) is 3. The van der Waals surface area contributed by atoms with E-state index >= 15 is 0 Å². The quantitative estimate of drug-likeness (QED) is 0.614. The lowest BCUT2D eigenvalue weighted by Gasteiger charge is -2.35. The van der Waals surface area contributed by atoms with Crippen LogP contribution in [0.2, 0.25) is 0 Å². The molecule has 1 aliphatic heterocycles. The van der Waals surface area contributed by atoms with Crippen LogP contribution < -0.4 is 14.8 Å². The zero-order valence-electron chi connectivity index (χ0n) is 18.0. The molecule has 12 heteroatoms. The van der Waals surface area contributed by atoms with Gasteiger partial charge in [-0.3, -0.25) is 0 Å². The van der Waals surface area contributed by atoms with Crippen LogP contribution in [0.4, 0.5) is 23.7 Å². The molecule has 2 amide bonds. The van der Waals surface area contributed by atoms with Gasteiger partial charge in [0, 0.05) is 5.69 Å². The van der Waals surface area contributed by atoms with Crippen LogP contribution in [0, 0.1) is 10.2 Å². The van der Waals surface area contributed by atoms with E-state index in [1.807, 2.05) is 0 Å². The second-order valence-corrected chi connectivity index (χ2v) is 10.9. The van der Waals surface area contributed by atoms with Gasteiger partial charge in [0.2, 0.25) is 5.88 Å². The number of carbonyl (C=O) groups excluding carboxylic acids is 1. The fourth-order valence-electron chi connectivity index (χ4n) is 4.88. The van der Waals surface area contributed by atoms with E-state index in [1.165, 1.54) is 11.1 Å². The van der Waals surface area contributed by atoms with Gasteiger partial charge in [0.05, 0.1) is 12.7 Å². The van der Waals surface area contributed by atoms with Crippen LogP contribution >= 0.6 is 0 Å². The van der Waals surface area contributed by atoms with Crippen LogP contribution in [-0.4, -0.2) is 32.8 Å². The fourth-order valence-corrected chi connectivity index (χ4v) is 5.91. The topological polar surface area (TPSA) is 109 Å². The Labute approximate surface area is 189 Å². The number of alkyl halides is 3. The second kappa shape index (κ2) is 7.37. The molecule has 8 nitrogen and oxygen atoms in total. The third-order valence-electron chi connectivity index (χ3n) is 6.73. The van der Waals surface area contributed by atoms with Gasteiger partial charge in [-0.15, -0.1) is 0 Å². The van der Waals surface area contributed by atoms with Crippen molar-refractivity contribution >= 4 is 21.6 Å². The maximum Gasteiger partial charge on any atom is 0.399 e. The smallest absolute Gasteiger partial charge is 0.399 e. The van der Waals surface area contributed by atoms with Crippen LogP contribution in [0.5, 0.6) is 5.88 Å². The minimum Gasteiger partial charge on any atom is -0.476 e. The van der Waals surface area contributed by atoms with Crippen molar-refractivity contribution in [2.45, 2.75) is 63.1 Å². The van der Waals surface area contributed by atoms with Crippen molar-refractivity contribution in [1.29, 1.82) is 4.78 Å². The van der Waals surface area contributed by atoms with Gasteiger partial charge in [0.25, 0.3) is 0 Å². The molecule has 1 unspecified atom stereocenters. The summed E-state index contributed by atoms with van der Waals surface area (Å²) in [6.45, 7) is -0.215. The summed E-state index contributed by atoms with van der Waals surface area (Å²) >= 11 is 0. The lowest BCUT2D eigenvalue weighted by Crippen LogP contribution is -2.47. The number of nitrogens with one attached hydrogen (secondary N) is 3. The number of aromatic nitrogens is 2. The first-order valence-corrected chi connectivity index (χ1v) is 12.3. The molecule has 178 valence electrons. The summed E-state index contributed by atoms with van der Waals surface area (Å²) in [4.78, 5) is 12.5. The van der Waals surface area contributed by atoms with E-state index in [2.05, 4.69) is 21.2 Å². The van der Waals surface area contributed by atoms with Gasteiger partial charge in [0.1, 0.15) is 16.9 Å². The van der Waals surface area contributed by atoms with Crippen molar-refractivity contribution in [2.24, 2.45) is 5.41 Å². The first-order valence-electron chi connectivity index (χ1n) is 10.8. The van der Waals surface area contributed by atoms with Crippen LogP contribution in [-0.2, 0) is 42.1 Å². The molecule has 0 saturated heterocycles. The van der Waals surface area contributed by atoms with E-state index in [0.717, 1.165) is 73.1 Å². The van der Waals surface area contributed by atoms with Crippen molar-refractivity contribution < 1.29 is 26.9 Å². The van der Waals surface area contributed by atoms with Gasteiger partial charge in [-0.05, 0) is 67.7 Å². The molecular weight excluding hydrogens is 459 g/mol. The predicted octanol–water partition coefficient (Wildman–Crippen LogP) is 3.96. The van der Waals surface area contributed by atoms with Gasteiger partial charge < -0.3 is 10.1 Å². The molecule has 0 fully saturated rings. The first kappa shape index (κ1) is 22.1. The Hall–Kier alpha value is -2.76. The third-order valence-corrected chi connectivity index (χ3v) is 8.10. The predicted molar refractivity (Wildman–Crippen MR) is 114 cm³/mol. The fraction of sp³-hybridized carbons (Fsp3) is 0.524. The van der Waals surface area contributed by atoms with Crippen molar-refractivity contribution in [2.75, 3.05) is 11.9 Å². The number of rotatable bonds is 3. The largest absolute Gasteiger partial charge is 0.476 e. The summed E-state index contributed by atoms with van der Waals surface area (Å²) in [6, 6.07) is 1.41. The van der Waals surface area contributed by atoms with E-state index in [0.29, 0.717) is 0 Å². The molecular formula is C21H24F3N5O3S.